The molecule has 0 unspecified atom stereocenters. The van der Waals surface area contributed by atoms with Gasteiger partial charge < -0.3 is 9.97 Å². The average molecular weight is 1440 g/mol. The van der Waals surface area contributed by atoms with E-state index in [1.807, 2.05) is 267 Å². The van der Waals surface area contributed by atoms with Crippen LogP contribution in [0.3, 0.4) is 0 Å². The summed E-state index contributed by atoms with van der Waals surface area (Å²) >= 11 is 0. The predicted molar refractivity (Wildman–Crippen MR) is 456 cm³/mol. The first-order chi connectivity index (χ1) is 55.6. The molecule has 0 spiro atoms. The zero-order chi connectivity index (χ0) is 75.0. The molecule has 0 radical (unpaired) electrons. The van der Waals surface area contributed by atoms with Gasteiger partial charge >= 0.3 is 23.1 Å². The number of aromatic nitrogens is 2. The maximum atomic E-state index is 6.26. The van der Waals surface area contributed by atoms with E-state index in [1.165, 1.54) is 0 Å². The summed E-state index contributed by atoms with van der Waals surface area (Å²) in [6.45, 7) is 0. The average Bonchev–Trinajstić information content (AvgIpc) is 1.57. The Morgan fingerprint density at radius 3 is 0.611 bits per heavy atom. The van der Waals surface area contributed by atoms with Gasteiger partial charge in [0.15, 0.2) is 0 Å². The first-order valence-electron chi connectivity index (χ1n) is 36.8. The van der Waals surface area contributed by atoms with E-state index in [2.05, 4.69) is 202 Å². The van der Waals surface area contributed by atoms with Gasteiger partial charge in [0.05, 0.1) is 0 Å². The fourth-order valence-electron chi connectivity index (χ4n) is 13.6. The van der Waals surface area contributed by atoms with Gasteiger partial charge in [-0.25, -0.2) is 9.98 Å². The molecule has 2 N–H and O–H groups in total. The zero-order valence-corrected chi connectivity index (χ0v) is 62.7. The van der Waals surface area contributed by atoms with E-state index in [4.69, 9.17) is 9.97 Å². The van der Waals surface area contributed by atoms with Crippen LogP contribution in [-0.4, -0.2) is 34.5 Å². The summed E-state index contributed by atoms with van der Waals surface area (Å²) in [5.74, 6) is 60.0. The molecule has 0 amide bonds. The summed E-state index contributed by atoms with van der Waals surface area (Å²) in [6, 6.07) is 122. The van der Waals surface area contributed by atoms with Gasteiger partial charge in [0.25, 0.3) is 0 Å². The monoisotopic (exact) mass is 1440 g/mol. The number of hydrogen-bond donors (Lipinski definition) is 2. The first-order valence-corrected chi connectivity index (χ1v) is 36.8. The number of fused-ring (bicyclic) bond motifs is 10. The van der Waals surface area contributed by atoms with Crippen LogP contribution in [0.15, 0.2) is 398 Å². The van der Waals surface area contributed by atoms with Crippen molar-refractivity contribution >= 4 is 56.8 Å². The first kappa shape index (κ1) is 71.7. The molecule has 14 aromatic rings. The van der Waals surface area contributed by atoms with Gasteiger partial charge in [-0.1, -0.05) is 362 Å². The number of benzene rings is 12. The largest absolute Gasteiger partial charge is 2.00 e. The maximum absolute atomic E-state index is 6.26. The van der Waals surface area contributed by atoms with E-state index in [0.717, 1.165) is 66.8 Å². The van der Waals surface area contributed by atoms with Gasteiger partial charge in [-0.15, -0.1) is 22.1 Å². The van der Waals surface area contributed by atoms with Crippen molar-refractivity contribution in [3.63, 3.8) is 0 Å². The maximum Gasteiger partial charge on any atom is 2.00 e. The molecule has 17 rings (SSSR count). The molecule has 4 heterocycles. The van der Waals surface area contributed by atoms with Crippen LogP contribution in [0.25, 0.3) is 22.3 Å². The Hall–Kier alpha value is -15.5. The second-order valence-corrected chi connectivity index (χ2v) is 26.3. The Morgan fingerprint density at radius 1 is 0.177 bits per heavy atom. The third-order valence-electron chi connectivity index (χ3n) is 18.9. The SMILES string of the molecule is C(#Cc1ccccc1)C1=C(C#Cc2ccccc2)C2=C(c3ccccc3)c3[n-]c(c(C#Cc4ccccc4)c3C#Cc3ccccc3)C(c3ccccc3)=C3[NH+]=C(C(C#Cc4ccccc4)=C3C#Cc3ccccc3)C(c3ccccc3)=c3[n-]c(c(C#Cc4ccccc4)c3C#Cc3ccccc3)=C(c3ccccc3)C1=[NH+]2.[Mg+2]. The molecule has 113 heavy (non-hydrogen) atoms. The fourth-order valence-corrected chi connectivity index (χ4v) is 13.6. The van der Waals surface area contributed by atoms with Crippen molar-refractivity contribution in [2.45, 2.75) is 0 Å². The molecule has 514 valence electrons. The van der Waals surface area contributed by atoms with Crippen molar-refractivity contribution in [3.05, 3.63) is 509 Å². The molecule has 4 nitrogen and oxygen atoms in total. The number of nitrogens with zero attached hydrogens (tertiary/aromatic N) is 2. The second kappa shape index (κ2) is 34.2. The molecule has 0 saturated carbocycles. The van der Waals surface area contributed by atoms with E-state index in [-0.39, 0.29) is 23.1 Å². The topological polar surface area (TPSA) is 56.1 Å². The van der Waals surface area contributed by atoms with Gasteiger partial charge in [-0.05, 0) is 119 Å². The van der Waals surface area contributed by atoms with E-state index in [0.29, 0.717) is 112 Å². The summed E-state index contributed by atoms with van der Waals surface area (Å²) in [6.07, 6.45) is 0. The fraction of sp³-hybridized carbons (Fsp3) is 0. The number of nitrogens with one attached hydrogen (secondary N) is 2. The minimum Gasteiger partial charge on any atom is -0.654 e. The van der Waals surface area contributed by atoms with Gasteiger partial charge in [0, 0.05) is 89.1 Å². The van der Waals surface area contributed by atoms with Gasteiger partial charge in [0.2, 0.25) is 22.8 Å². The van der Waals surface area contributed by atoms with Crippen molar-refractivity contribution in [1.29, 1.82) is 0 Å². The van der Waals surface area contributed by atoms with Crippen LogP contribution in [-0.2, 0) is 0 Å². The summed E-state index contributed by atoms with van der Waals surface area (Å²) in [5, 5.41) is 1.04. The summed E-state index contributed by atoms with van der Waals surface area (Å²) < 4.78 is 0. The van der Waals surface area contributed by atoms with E-state index in [9.17, 15) is 0 Å². The molecular formula is C108H62MgN4+2. The van der Waals surface area contributed by atoms with Crippen LogP contribution in [0.5, 0.6) is 0 Å². The summed E-state index contributed by atoms with van der Waals surface area (Å²) in [5.41, 5.74) is 20.3. The normalized spacial score (nSPS) is 12.2. The van der Waals surface area contributed by atoms with Gasteiger partial charge in [0.1, 0.15) is 22.3 Å². The molecule has 5 heteroatoms. The van der Waals surface area contributed by atoms with Gasteiger partial charge in [-0.2, -0.15) is 0 Å². The van der Waals surface area contributed by atoms with Crippen LogP contribution in [0.4, 0.5) is 0 Å². The molecule has 0 fully saturated rings. The van der Waals surface area contributed by atoms with Crippen LogP contribution in [0.2, 0.25) is 0 Å². The predicted octanol–water partition coefficient (Wildman–Crippen LogP) is 14.3. The molecular weight excluding hydrogens is 1380 g/mol. The van der Waals surface area contributed by atoms with E-state index in [1.54, 1.807) is 0 Å². The van der Waals surface area contributed by atoms with Crippen molar-refractivity contribution in [3.8, 4) is 94.7 Å². The van der Waals surface area contributed by atoms with Crippen LogP contribution < -0.4 is 30.7 Å². The minimum absolute atomic E-state index is 0. The van der Waals surface area contributed by atoms with Crippen LogP contribution in [0, 0.1) is 94.7 Å². The Morgan fingerprint density at radius 2 is 0.372 bits per heavy atom. The Kier molecular flexibility index (Phi) is 21.7. The molecule has 0 saturated heterocycles. The van der Waals surface area contributed by atoms with Crippen LogP contribution >= 0.6 is 0 Å². The van der Waals surface area contributed by atoms with Crippen molar-refractivity contribution in [2.24, 2.45) is 0 Å². The smallest absolute Gasteiger partial charge is 0.654 e. The number of hydrogen-bond acceptors (Lipinski definition) is 0. The van der Waals surface area contributed by atoms with Crippen molar-refractivity contribution < 1.29 is 9.98 Å². The third-order valence-corrected chi connectivity index (χ3v) is 18.9. The van der Waals surface area contributed by atoms with E-state index >= 15 is 0 Å². The summed E-state index contributed by atoms with van der Waals surface area (Å²) in [7, 11) is 0. The molecule has 0 atom stereocenters. The number of allylic oxidation sites excluding steroid dienone is 4. The summed E-state index contributed by atoms with van der Waals surface area (Å²) in [4.78, 5) is 21.0. The Balaban J connectivity index is 0.00000964. The minimum atomic E-state index is 0. The van der Waals surface area contributed by atoms with Crippen LogP contribution in [0.1, 0.15) is 100 Å². The third kappa shape index (κ3) is 15.9. The van der Waals surface area contributed by atoms with Crippen molar-refractivity contribution in [2.75, 3.05) is 0 Å². The molecule has 2 aliphatic heterocycles. The quantitative estimate of drug-likeness (QED) is 0.136. The molecule has 8 bridgehead atoms. The standard InChI is InChI=1S/C108H60N4.Mg/c1-13-37-77(38-14-1)61-69-89-90(70-62-78-39-15-2-16-40-78)102-98(86-55-31-10-32-56-86)104-93(73-65-81-45-21-5-22-46-81)94(74-66-82-47-23-6-24-48-82)106(111-104)100(88-59-35-12-36-60-88)108-96(76-68-84-51-27-8-28-52-84)95(75-67-83-49-25-7-26-50-83)107(112-108)99(87-57-33-11-34-58-87)105-92(72-64-80-43-19-4-20-44-80)91(71-63-79-41-17-3-18-42-79)103(110-105)97(101(89)109-102)85-53-29-9-30-54-85;/h1-60H;/q-2;+2/p+2. The molecule has 1 aliphatic carbocycles. The number of rotatable bonds is 4. The van der Waals surface area contributed by atoms with Crippen molar-refractivity contribution in [1.82, 2.24) is 9.97 Å². The second-order valence-electron chi connectivity index (χ2n) is 26.3. The Bertz CT molecular complexity index is 6480. The van der Waals surface area contributed by atoms with E-state index < -0.39 is 0 Å². The molecule has 12 aromatic carbocycles. The van der Waals surface area contributed by atoms with Gasteiger partial charge in [-0.3, -0.25) is 0 Å². The Labute approximate surface area is 675 Å². The molecule has 3 aliphatic rings. The molecule has 2 aromatic heterocycles. The zero-order valence-electron chi connectivity index (χ0n) is 61.2.